The molecule has 2 aliphatic heterocycles. The number of fused-ring (bicyclic) bond motifs is 1. The van der Waals surface area contributed by atoms with E-state index in [2.05, 4.69) is 48.5 Å². The first-order chi connectivity index (χ1) is 23.1. The van der Waals surface area contributed by atoms with E-state index in [0.29, 0.717) is 6.42 Å². The molecule has 11 heteroatoms. The van der Waals surface area contributed by atoms with E-state index in [0.717, 1.165) is 49.1 Å². The minimum absolute atomic E-state index is 0.0325. The zero-order valence-corrected chi connectivity index (χ0v) is 36.5. The molecule has 0 bridgehead atoms. The van der Waals surface area contributed by atoms with E-state index in [-0.39, 0.29) is 42.5 Å². The molecule has 0 aliphatic carbocycles. The molecule has 0 radical (unpaired) electrons. The summed E-state index contributed by atoms with van der Waals surface area (Å²) in [6.07, 6.45) is -0.103. The van der Waals surface area contributed by atoms with Gasteiger partial charge in [-0.1, -0.05) is 75.7 Å². The number of nitrogens with zero attached hydrogens (tertiary/aromatic N) is 1. The highest BCUT2D eigenvalue weighted by Crippen LogP contribution is 2.49. The quantitative estimate of drug-likeness (QED) is 0.117. The van der Waals surface area contributed by atoms with Crippen LogP contribution in [0.2, 0.25) is 36.3 Å². The Kier molecular flexibility index (Phi) is 15.6. The summed E-state index contributed by atoms with van der Waals surface area (Å²) in [6.45, 7) is 30.0. The number of esters is 1. The van der Waals surface area contributed by atoms with Gasteiger partial charge in [-0.3, -0.25) is 19.3 Å². The summed E-state index contributed by atoms with van der Waals surface area (Å²) in [4.78, 5) is 57.0. The Morgan fingerprint density at radius 1 is 0.880 bits per heavy atom. The molecule has 2 heterocycles. The molecule has 0 N–H and O–H groups in total. The molecule has 2 aliphatic rings. The number of ketones is 2. The molecule has 9 nitrogen and oxygen atoms in total. The Balaban J connectivity index is 2.70. The van der Waals surface area contributed by atoms with E-state index in [1.807, 2.05) is 48.5 Å². The van der Waals surface area contributed by atoms with E-state index in [1.54, 1.807) is 4.90 Å². The predicted molar refractivity (Wildman–Crippen MR) is 205 cm³/mol. The van der Waals surface area contributed by atoms with Crippen LogP contribution in [0.4, 0.5) is 4.79 Å². The Labute approximate surface area is 306 Å². The number of Topliss-reactive ketones (excluding diaryl/α,β-unsaturated/α-hetero) is 2. The summed E-state index contributed by atoms with van der Waals surface area (Å²) in [5.74, 6) is -1.16. The SMILES string of the molecule is CC[Si](CC)(CC)O[C@H]1[C@@H](C)CCC[C@]2(C)[C@H](C[C@@H](C(C)=O)OC(=O)C[C@H](O[Si](CC)(CC)CC)C(C)(C)C(=O)[C@@H]1C)N2C(=O)OC(C)(C)C. The number of carbonyl (C=O) groups is 4. The molecule has 2 rings (SSSR count). The number of rotatable bonds is 11. The second-order valence-electron chi connectivity index (χ2n) is 17.2. The van der Waals surface area contributed by atoms with Gasteiger partial charge in [0.05, 0.1) is 30.2 Å². The highest BCUT2D eigenvalue weighted by atomic mass is 28.4. The highest BCUT2D eigenvalue weighted by Gasteiger charge is 2.63. The van der Waals surface area contributed by atoms with Crippen molar-refractivity contribution < 1.29 is 37.5 Å². The van der Waals surface area contributed by atoms with Crippen LogP contribution >= 0.6 is 0 Å². The number of cyclic esters (lactones) is 1. The van der Waals surface area contributed by atoms with Crippen LogP contribution in [0.25, 0.3) is 0 Å². The maximum absolute atomic E-state index is 14.9. The first-order valence-corrected chi connectivity index (χ1v) is 24.7. The monoisotopic (exact) mass is 739 g/mol. The zero-order chi connectivity index (χ0) is 38.5. The van der Waals surface area contributed by atoms with E-state index in [1.165, 1.54) is 6.92 Å². The lowest BCUT2D eigenvalue weighted by Crippen LogP contribution is -2.53. The second-order valence-corrected chi connectivity index (χ2v) is 26.6. The minimum atomic E-state index is -2.29. The van der Waals surface area contributed by atoms with Gasteiger partial charge in [0.1, 0.15) is 11.4 Å². The number of hydrogen-bond acceptors (Lipinski definition) is 8. The molecule has 2 fully saturated rings. The molecule has 0 aromatic rings. The second kappa shape index (κ2) is 17.5. The molecule has 7 atom stereocenters. The molecule has 290 valence electrons. The van der Waals surface area contributed by atoms with E-state index < -0.39 is 63.4 Å². The molecule has 50 heavy (non-hydrogen) atoms. The molecule has 0 spiro atoms. The molecule has 0 aromatic heterocycles. The molecule has 1 amide bonds. The number of amides is 1. The maximum atomic E-state index is 14.9. The van der Waals surface area contributed by atoms with Crippen LogP contribution in [-0.4, -0.2) is 80.7 Å². The lowest BCUT2D eigenvalue weighted by Gasteiger charge is -2.44. The Bertz CT molecular complexity index is 1160. The standard InChI is InChI=1S/C39H73NO8Si2/c1-16-49(17-2,18-3)47-32-26-33(42)45-30(29(9)41)25-31-39(15,40(31)36(44)46-37(10,11)12)24-22-23-27(7)34(28(8)35(43)38(32,13)14)48-50(19-4,20-5)21-6/h27-28,30-32,34H,16-26H2,1-15H3/t27-,28+,30-,31-,32-,34-,39+,40?/m0/s1. The van der Waals surface area contributed by atoms with Crippen molar-refractivity contribution in [3.63, 3.8) is 0 Å². The van der Waals surface area contributed by atoms with Crippen molar-refractivity contribution in [3.05, 3.63) is 0 Å². The fraction of sp³-hybridized carbons (Fsp3) is 0.897. The molecular weight excluding hydrogens is 667 g/mol. The average Bonchev–Trinajstić information content (AvgIpc) is 3.63. The van der Waals surface area contributed by atoms with Crippen molar-refractivity contribution in [2.24, 2.45) is 17.3 Å². The van der Waals surface area contributed by atoms with Crippen LogP contribution in [0.5, 0.6) is 0 Å². The third kappa shape index (κ3) is 10.3. The van der Waals surface area contributed by atoms with Crippen molar-refractivity contribution in [1.82, 2.24) is 4.90 Å². The summed E-state index contributed by atoms with van der Waals surface area (Å²) in [7, 11) is -4.40. The summed E-state index contributed by atoms with van der Waals surface area (Å²) in [6, 6.07) is 5.20. The molecular formula is C39H73NO8Si2. The Morgan fingerprint density at radius 3 is 1.84 bits per heavy atom. The van der Waals surface area contributed by atoms with Crippen molar-refractivity contribution in [1.29, 1.82) is 0 Å². The first-order valence-electron chi connectivity index (χ1n) is 19.7. The maximum Gasteiger partial charge on any atom is 0.411 e. The third-order valence-electron chi connectivity index (χ3n) is 12.5. The van der Waals surface area contributed by atoms with Crippen LogP contribution in [0, 0.1) is 17.3 Å². The van der Waals surface area contributed by atoms with Crippen LogP contribution in [0.15, 0.2) is 0 Å². The van der Waals surface area contributed by atoms with Gasteiger partial charge in [-0.05, 0) is 89.6 Å². The van der Waals surface area contributed by atoms with Gasteiger partial charge in [0.25, 0.3) is 0 Å². The van der Waals surface area contributed by atoms with Gasteiger partial charge < -0.3 is 18.3 Å². The van der Waals surface area contributed by atoms with Gasteiger partial charge in [0.2, 0.25) is 0 Å². The van der Waals surface area contributed by atoms with Crippen molar-refractivity contribution in [3.8, 4) is 0 Å². The fourth-order valence-corrected chi connectivity index (χ4v) is 14.2. The Hall–Kier alpha value is -1.57. The smallest absolute Gasteiger partial charge is 0.411 e. The summed E-state index contributed by atoms with van der Waals surface area (Å²) >= 11 is 0. The average molecular weight is 740 g/mol. The van der Waals surface area contributed by atoms with Gasteiger partial charge in [-0.25, -0.2) is 4.79 Å². The summed E-state index contributed by atoms with van der Waals surface area (Å²) in [5, 5.41) is 0. The van der Waals surface area contributed by atoms with Crippen LogP contribution in [0.1, 0.15) is 136 Å². The molecule has 0 aromatic carbocycles. The van der Waals surface area contributed by atoms with E-state index >= 15 is 0 Å². The van der Waals surface area contributed by atoms with Crippen LogP contribution < -0.4 is 0 Å². The van der Waals surface area contributed by atoms with E-state index in [9.17, 15) is 19.2 Å². The number of carbonyl (C=O) groups excluding carboxylic acids is 4. The zero-order valence-electron chi connectivity index (χ0n) is 34.5. The fourth-order valence-electron chi connectivity index (χ4n) is 8.24. The molecule has 2 saturated heterocycles. The number of hydrogen-bond donors (Lipinski definition) is 0. The minimum Gasteiger partial charge on any atom is -0.454 e. The van der Waals surface area contributed by atoms with Crippen LogP contribution in [-0.2, 0) is 32.7 Å². The largest absolute Gasteiger partial charge is 0.454 e. The van der Waals surface area contributed by atoms with Crippen molar-refractivity contribution >= 4 is 40.3 Å². The first kappa shape index (κ1) is 44.6. The van der Waals surface area contributed by atoms with Gasteiger partial charge in [0.15, 0.2) is 28.5 Å². The van der Waals surface area contributed by atoms with Gasteiger partial charge >= 0.3 is 12.1 Å². The van der Waals surface area contributed by atoms with Gasteiger partial charge in [-0.2, -0.15) is 0 Å². The topological polar surface area (TPSA) is 108 Å². The van der Waals surface area contributed by atoms with Crippen molar-refractivity contribution in [2.45, 2.75) is 208 Å². The van der Waals surface area contributed by atoms with Crippen molar-refractivity contribution in [2.75, 3.05) is 0 Å². The molecule has 0 unspecified atom stereocenters. The van der Waals surface area contributed by atoms with E-state index in [4.69, 9.17) is 18.3 Å². The predicted octanol–water partition coefficient (Wildman–Crippen LogP) is 9.48. The highest BCUT2D eigenvalue weighted by molar-refractivity contribution is 6.74. The third-order valence-corrected chi connectivity index (χ3v) is 21.8. The normalized spacial score (nSPS) is 30.3. The van der Waals surface area contributed by atoms with Gasteiger partial charge in [0, 0.05) is 17.8 Å². The lowest BCUT2D eigenvalue weighted by atomic mass is 9.73. The summed E-state index contributed by atoms with van der Waals surface area (Å²) in [5.41, 5.74) is -2.26. The van der Waals surface area contributed by atoms with Gasteiger partial charge in [-0.15, -0.1) is 0 Å². The van der Waals surface area contributed by atoms with Crippen LogP contribution in [0.3, 0.4) is 0 Å². The Morgan fingerprint density at radius 2 is 1.38 bits per heavy atom. The summed E-state index contributed by atoms with van der Waals surface area (Å²) < 4.78 is 26.0. The lowest BCUT2D eigenvalue weighted by molar-refractivity contribution is -0.159. The molecule has 0 saturated carbocycles. The number of ether oxygens (including phenoxy) is 2.